The van der Waals surface area contributed by atoms with Gasteiger partial charge in [-0.2, -0.15) is 0 Å². The fourth-order valence-electron chi connectivity index (χ4n) is 1.54. The van der Waals surface area contributed by atoms with Crippen LogP contribution in [0.15, 0.2) is 36.4 Å². The molecule has 0 bridgehead atoms. The minimum Gasteiger partial charge on any atom is -0.353 e. The number of amides is 1. The molecule has 0 saturated heterocycles. The third-order valence-corrected chi connectivity index (χ3v) is 2.52. The first-order chi connectivity index (χ1) is 8.83. The van der Waals surface area contributed by atoms with Crippen molar-refractivity contribution in [2.75, 3.05) is 6.54 Å². The lowest BCUT2D eigenvalue weighted by Gasteiger charge is -2.01. The van der Waals surface area contributed by atoms with Crippen LogP contribution in [-0.2, 0) is 4.79 Å². The van der Waals surface area contributed by atoms with Gasteiger partial charge in [0.05, 0.1) is 0 Å². The van der Waals surface area contributed by atoms with E-state index in [4.69, 9.17) is 6.42 Å². The van der Waals surface area contributed by atoms with E-state index in [1.165, 1.54) is 0 Å². The molecule has 0 unspecified atom stereocenters. The highest BCUT2D eigenvalue weighted by atomic mass is 16.1. The van der Waals surface area contributed by atoms with Crippen LogP contribution in [0.5, 0.6) is 0 Å². The molecule has 0 atom stereocenters. The highest BCUT2D eigenvalue weighted by Crippen LogP contribution is 2.00. The number of benzene rings is 1. The molecule has 1 aromatic carbocycles. The fraction of sp³-hybridized carbons (Fsp3) is 0.312. The smallest absolute Gasteiger partial charge is 0.243 e. The average molecular weight is 241 g/mol. The van der Waals surface area contributed by atoms with Gasteiger partial charge in [0.25, 0.3) is 0 Å². The molecule has 0 spiro atoms. The van der Waals surface area contributed by atoms with Crippen LogP contribution in [0.3, 0.4) is 0 Å². The predicted octanol–water partition coefficient (Wildman–Crippen LogP) is 3.01. The van der Waals surface area contributed by atoms with Crippen LogP contribution in [0.25, 0.3) is 6.08 Å². The maximum absolute atomic E-state index is 11.5. The molecule has 1 N–H and O–H groups in total. The third kappa shape index (κ3) is 6.55. The zero-order chi connectivity index (χ0) is 13.1. The van der Waals surface area contributed by atoms with Gasteiger partial charge in [-0.3, -0.25) is 4.79 Å². The Hall–Kier alpha value is -2.01. The molecule has 0 aliphatic heterocycles. The topological polar surface area (TPSA) is 29.1 Å². The standard InChI is InChI=1S/C16H19NO/c1-2-3-4-5-9-14-17-16(18)13-12-15-10-7-6-8-11-15/h1,6-8,10-13H,3-5,9,14H2,(H,17,18). The average Bonchev–Trinajstić information content (AvgIpc) is 2.41. The van der Waals surface area contributed by atoms with E-state index < -0.39 is 0 Å². The van der Waals surface area contributed by atoms with Gasteiger partial charge in [-0.1, -0.05) is 36.8 Å². The van der Waals surface area contributed by atoms with Crippen LogP contribution in [0.1, 0.15) is 31.2 Å². The summed E-state index contributed by atoms with van der Waals surface area (Å²) < 4.78 is 0. The molecule has 0 fully saturated rings. The van der Waals surface area contributed by atoms with Crippen molar-refractivity contribution in [3.63, 3.8) is 0 Å². The molecule has 0 aliphatic carbocycles. The Morgan fingerprint density at radius 1 is 1.22 bits per heavy atom. The van der Waals surface area contributed by atoms with E-state index in [-0.39, 0.29) is 5.91 Å². The monoisotopic (exact) mass is 241 g/mol. The number of nitrogens with one attached hydrogen (secondary N) is 1. The molecule has 0 aromatic heterocycles. The molecule has 2 heteroatoms. The molecule has 1 amide bonds. The van der Waals surface area contributed by atoms with Gasteiger partial charge in [0.2, 0.25) is 5.91 Å². The van der Waals surface area contributed by atoms with Crippen molar-refractivity contribution < 1.29 is 4.79 Å². The number of rotatable bonds is 7. The van der Waals surface area contributed by atoms with Gasteiger partial charge in [-0.15, -0.1) is 12.3 Å². The molecule has 1 aromatic rings. The summed E-state index contributed by atoms with van der Waals surface area (Å²) in [6.45, 7) is 0.711. The summed E-state index contributed by atoms with van der Waals surface area (Å²) in [4.78, 5) is 11.5. The van der Waals surface area contributed by atoms with Crippen LogP contribution in [0, 0.1) is 12.3 Å². The Morgan fingerprint density at radius 2 is 2.00 bits per heavy atom. The highest BCUT2D eigenvalue weighted by Gasteiger charge is 1.94. The van der Waals surface area contributed by atoms with Crippen LogP contribution in [0.4, 0.5) is 0 Å². The van der Waals surface area contributed by atoms with Crippen molar-refractivity contribution in [1.82, 2.24) is 5.32 Å². The molecule has 94 valence electrons. The quantitative estimate of drug-likeness (QED) is 0.444. The Balaban J connectivity index is 2.14. The first-order valence-corrected chi connectivity index (χ1v) is 6.27. The van der Waals surface area contributed by atoms with Crippen molar-refractivity contribution in [1.29, 1.82) is 0 Å². The summed E-state index contributed by atoms with van der Waals surface area (Å²) in [5.74, 6) is 2.56. The Bertz CT molecular complexity index is 414. The summed E-state index contributed by atoms with van der Waals surface area (Å²) >= 11 is 0. The highest BCUT2D eigenvalue weighted by molar-refractivity contribution is 5.91. The molecule has 18 heavy (non-hydrogen) atoms. The van der Waals surface area contributed by atoms with E-state index in [9.17, 15) is 4.79 Å². The second-order valence-electron chi connectivity index (χ2n) is 4.05. The Kier molecular flexibility index (Phi) is 7.08. The summed E-state index contributed by atoms with van der Waals surface area (Å²) in [7, 11) is 0. The van der Waals surface area contributed by atoms with Gasteiger partial charge in [-0.05, 0) is 24.5 Å². The van der Waals surface area contributed by atoms with Crippen LogP contribution in [-0.4, -0.2) is 12.5 Å². The first-order valence-electron chi connectivity index (χ1n) is 6.27. The Labute approximate surface area is 109 Å². The normalized spacial score (nSPS) is 10.2. The minimum atomic E-state index is -0.0456. The fourth-order valence-corrected chi connectivity index (χ4v) is 1.54. The zero-order valence-corrected chi connectivity index (χ0v) is 10.6. The van der Waals surface area contributed by atoms with Crippen molar-refractivity contribution in [3.8, 4) is 12.3 Å². The number of carbonyl (C=O) groups excluding carboxylic acids is 1. The minimum absolute atomic E-state index is 0.0456. The maximum Gasteiger partial charge on any atom is 0.243 e. The number of carbonyl (C=O) groups is 1. The van der Waals surface area contributed by atoms with E-state index in [1.807, 2.05) is 36.4 Å². The van der Waals surface area contributed by atoms with Gasteiger partial charge < -0.3 is 5.32 Å². The van der Waals surface area contributed by atoms with E-state index in [1.54, 1.807) is 6.08 Å². The predicted molar refractivity (Wildman–Crippen MR) is 75.8 cm³/mol. The van der Waals surface area contributed by atoms with E-state index in [0.29, 0.717) is 6.54 Å². The van der Waals surface area contributed by atoms with Crippen LogP contribution >= 0.6 is 0 Å². The molecule has 1 rings (SSSR count). The second kappa shape index (κ2) is 9.07. The van der Waals surface area contributed by atoms with Crippen molar-refractivity contribution >= 4 is 12.0 Å². The van der Waals surface area contributed by atoms with Crippen LogP contribution in [0.2, 0.25) is 0 Å². The summed E-state index contributed by atoms with van der Waals surface area (Å²) in [6.07, 6.45) is 12.4. The number of terminal acetylenes is 1. The van der Waals surface area contributed by atoms with E-state index in [2.05, 4.69) is 11.2 Å². The van der Waals surface area contributed by atoms with Crippen molar-refractivity contribution in [2.24, 2.45) is 0 Å². The third-order valence-electron chi connectivity index (χ3n) is 2.52. The van der Waals surface area contributed by atoms with E-state index in [0.717, 1.165) is 31.2 Å². The molecule has 2 nitrogen and oxygen atoms in total. The maximum atomic E-state index is 11.5. The zero-order valence-electron chi connectivity index (χ0n) is 10.6. The molecular weight excluding hydrogens is 222 g/mol. The number of hydrogen-bond acceptors (Lipinski definition) is 1. The van der Waals surface area contributed by atoms with Gasteiger partial charge in [0.15, 0.2) is 0 Å². The first kappa shape index (κ1) is 14.1. The second-order valence-corrected chi connectivity index (χ2v) is 4.05. The van der Waals surface area contributed by atoms with Crippen molar-refractivity contribution in [2.45, 2.75) is 25.7 Å². The Morgan fingerprint density at radius 3 is 2.72 bits per heavy atom. The molecular formula is C16H19NO. The van der Waals surface area contributed by atoms with Gasteiger partial charge in [0, 0.05) is 19.0 Å². The summed E-state index contributed by atoms with van der Waals surface area (Å²) in [5, 5.41) is 2.85. The molecule has 0 aliphatic rings. The SMILES string of the molecule is C#CCCCCCNC(=O)C=Cc1ccccc1. The lowest BCUT2D eigenvalue weighted by Crippen LogP contribution is -2.21. The van der Waals surface area contributed by atoms with Gasteiger partial charge in [-0.25, -0.2) is 0 Å². The van der Waals surface area contributed by atoms with Crippen molar-refractivity contribution in [3.05, 3.63) is 42.0 Å². The number of hydrogen-bond donors (Lipinski definition) is 1. The number of unbranched alkanes of at least 4 members (excludes halogenated alkanes) is 3. The lowest BCUT2D eigenvalue weighted by molar-refractivity contribution is -0.116. The van der Waals surface area contributed by atoms with E-state index >= 15 is 0 Å². The van der Waals surface area contributed by atoms with Gasteiger partial charge >= 0.3 is 0 Å². The van der Waals surface area contributed by atoms with Gasteiger partial charge in [0.1, 0.15) is 0 Å². The molecule has 0 radical (unpaired) electrons. The summed E-state index contributed by atoms with van der Waals surface area (Å²) in [5.41, 5.74) is 1.03. The largest absolute Gasteiger partial charge is 0.353 e. The van der Waals surface area contributed by atoms with Crippen LogP contribution < -0.4 is 5.32 Å². The summed E-state index contributed by atoms with van der Waals surface area (Å²) in [6, 6.07) is 9.77. The molecule has 0 saturated carbocycles. The molecule has 0 heterocycles. The lowest BCUT2D eigenvalue weighted by atomic mass is 10.2.